The fourth-order valence-electron chi connectivity index (χ4n) is 2.33. The molecule has 0 saturated carbocycles. The van der Waals surface area contributed by atoms with Crippen LogP contribution in [0.4, 0.5) is 5.82 Å². The van der Waals surface area contributed by atoms with Gasteiger partial charge in [0, 0.05) is 18.9 Å². The summed E-state index contributed by atoms with van der Waals surface area (Å²) in [6.45, 7) is 2.73. The highest BCUT2D eigenvalue weighted by atomic mass is 16.1. The molecule has 0 bridgehead atoms. The molecule has 3 rings (SSSR count). The summed E-state index contributed by atoms with van der Waals surface area (Å²) in [6, 6.07) is 11.3. The standard InChI is InChI=1S/C18H16N4O2/c1-13-3-2-4-14(7-13)9-22-10-17(20-12-22)21-18(24)15-5-6-16(11-23)19-8-15/h2-8,10-12H,9H2,1H3,(H,21,24). The first kappa shape index (κ1) is 15.6. The number of benzene rings is 1. The highest BCUT2D eigenvalue weighted by molar-refractivity contribution is 6.03. The summed E-state index contributed by atoms with van der Waals surface area (Å²) in [4.78, 5) is 30.8. The Kier molecular flexibility index (Phi) is 4.47. The molecule has 2 heterocycles. The lowest BCUT2D eigenvalue weighted by Crippen LogP contribution is -2.12. The van der Waals surface area contributed by atoms with E-state index in [4.69, 9.17) is 0 Å². The second kappa shape index (κ2) is 6.87. The third kappa shape index (κ3) is 3.73. The Labute approximate surface area is 139 Å². The van der Waals surface area contributed by atoms with Gasteiger partial charge in [-0.15, -0.1) is 0 Å². The first-order chi connectivity index (χ1) is 11.6. The number of carbonyl (C=O) groups is 2. The van der Waals surface area contributed by atoms with Gasteiger partial charge in [0.2, 0.25) is 0 Å². The number of pyridine rings is 1. The number of aromatic nitrogens is 3. The van der Waals surface area contributed by atoms with Crippen LogP contribution in [-0.4, -0.2) is 26.7 Å². The van der Waals surface area contributed by atoms with Gasteiger partial charge in [-0.05, 0) is 24.6 Å². The van der Waals surface area contributed by atoms with Crippen LogP contribution in [0.25, 0.3) is 0 Å². The third-order valence-corrected chi connectivity index (χ3v) is 3.49. The summed E-state index contributed by atoms with van der Waals surface area (Å²) in [5, 5.41) is 2.71. The Hall–Kier alpha value is -3.28. The van der Waals surface area contributed by atoms with Crippen molar-refractivity contribution >= 4 is 18.0 Å². The van der Waals surface area contributed by atoms with Gasteiger partial charge in [-0.1, -0.05) is 29.8 Å². The van der Waals surface area contributed by atoms with E-state index in [0.717, 1.165) is 0 Å². The molecule has 0 aliphatic rings. The average Bonchev–Trinajstić information content (AvgIpc) is 3.02. The minimum atomic E-state index is -0.319. The zero-order chi connectivity index (χ0) is 16.9. The monoisotopic (exact) mass is 320 g/mol. The molecule has 0 spiro atoms. The summed E-state index contributed by atoms with van der Waals surface area (Å²) in [7, 11) is 0. The van der Waals surface area contributed by atoms with Gasteiger partial charge in [-0.3, -0.25) is 14.6 Å². The molecule has 6 heteroatoms. The molecule has 6 nitrogen and oxygen atoms in total. The molecule has 0 unspecified atom stereocenters. The number of carbonyl (C=O) groups excluding carboxylic acids is 2. The van der Waals surface area contributed by atoms with Crippen LogP contribution >= 0.6 is 0 Å². The van der Waals surface area contributed by atoms with Gasteiger partial charge in [0.1, 0.15) is 5.69 Å². The maximum Gasteiger partial charge on any atom is 0.258 e. The number of aldehydes is 1. The quantitative estimate of drug-likeness (QED) is 0.733. The van der Waals surface area contributed by atoms with Crippen molar-refractivity contribution in [3.8, 4) is 0 Å². The summed E-state index contributed by atoms with van der Waals surface area (Å²) in [5.41, 5.74) is 3.02. The van der Waals surface area contributed by atoms with Crippen LogP contribution in [0.15, 0.2) is 55.1 Å². The van der Waals surface area contributed by atoms with Crippen LogP contribution in [0.5, 0.6) is 0 Å². The number of nitrogens with one attached hydrogen (secondary N) is 1. The van der Waals surface area contributed by atoms with Crippen LogP contribution in [0, 0.1) is 6.92 Å². The second-order valence-electron chi connectivity index (χ2n) is 5.46. The predicted octanol–water partition coefficient (Wildman–Crippen LogP) is 2.70. The minimum Gasteiger partial charge on any atom is -0.331 e. The Balaban J connectivity index is 1.66. The molecule has 120 valence electrons. The van der Waals surface area contributed by atoms with Gasteiger partial charge in [-0.25, -0.2) is 4.98 Å². The topological polar surface area (TPSA) is 76.9 Å². The van der Waals surface area contributed by atoms with E-state index in [2.05, 4.69) is 21.4 Å². The van der Waals surface area contributed by atoms with E-state index >= 15 is 0 Å². The van der Waals surface area contributed by atoms with Crippen molar-refractivity contribution in [2.75, 3.05) is 5.32 Å². The lowest BCUT2D eigenvalue weighted by atomic mass is 10.1. The molecule has 0 saturated heterocycles. The second-order valence-corrected chi connectivity index (χ2v) is 5.46. The number of rotatable bonds is 5. The average molecular weight is 320 g/mol. The molecule has 2 aromatic heterocycles. The fraction of sp³-hybridized carbons (Fsp3) is 0.111. The van der Waals surface area contributed by atoms with E-state index in [-0.39, 0.29) is 11.6 Å². The molecule has 0 radical (unpaired) electrons. The molecule has 1 amide bonds. The minimum absolute atomic E-state index is 0.286. The van der Waals surface area contributed by atoms with Gasteiger partial charge in [-0.2, -0.15) is 0 Å². The molecule has 0 fully saturated rings. The lowest BCUT2D eigenvalue weighted by molar-refractivity contribution is 0.102. The number of aryl methyl sites for hydroxylation is 1. The van der Waals surface area contributed by atoms with Crippen LogP contribution in [0.3, 0.4) is 0 Å². The molecule has 1 N–H and O–H groups in total. The van der Waals surface area contributed by atoms with Crippen LogP contribution < -0.4 is 5.32 Å². The first-order valence-corrected chi connectivity index (χ1v) is 7.44. The maximum atomic E-state index is 12.1. The molecular formula is C18H16N4O2. The molecule has 24 heavy (non-hydrogen) atoms. The summed E-state index contributed by atoms with van der Waals surface area (Å²) in [5.74, 6) is 0.146. The molecule has 3 aromatic rings. The zero-order valence-electron chi connectivity index (χ0n) is 13.1. The molecular weight excluding hydrogens is 304 g/mol. The Morgan fingerprint density at radius 2 is 2.12 bits per heavy atom. The van der Waals surface area contributed by atoms with Crippen molar-refractivity contribution < 1.29 is 9.59 Å². The Morgan fingerprint density at radius 1 is 1.25 bits per heavy atom. The van der Waals surface area contributed by atoms with E-state index in [9.17, 15) is 9.59 Å². The first-order valence-electron chi connectivity index (χ1n) is 7.44. The van der Waals surface area contributed by atoms with Gasteiger partial charge >= 0.3 is 0 Å². The van der Waals surface area contributed by atoms with Gasteiger partial charge in [0.15, 0.2) is 12.1 Å². The normalized spacial score (nSPS) is 10.4. The van der Waals surface area contributed by atoms with Gasteiger partial charge < -0.3 is 9.88 Å². The van der Waals surface area contributed by atoms with E-state index in [0.29, 0.717) is 24.2 Å². The Morgan fingerprint density at radius 3 is 2.83 bits per heavy atom. The summed E-state index contributed by atoms with van der Waals surface area (Å²) in [6.07, 6.45) is 5.44. The summed E-state index contributed by atoms with van der Waals surface area (Å²) < 4.78 is 1.90. The van der Waals surface area contributed by atoms with Crippen LogP contribution in [0.1, 0.15) is 32.0 Å². The molecule has 0 aliphatic heterocycles. The van der Waals surface area contributed by atoms with E-state index in [1.807, 2.05) is 29.7 Å². The van der Waals surface area contributed by atoms with E-state index in [1.54, 1.807) is 18.6 Å². The van der Waals surface area contributed by atoms with Crippen molar-refractivity contribution in [3.63, 3.8) is 0 Å². The van der Waals surface area contributed by atoms with Crippen molar-refractivity contribution in [2.45, 2.75) is 13.5 Å². The van der Waals surface area contributed by atoms with Crippen molar-refractivity contribution in [2.24, 2.45) is 0 Å². The number of nitrogens with zero attached hydrogens (tertiary/aromatic N) is 3. The SMILES string of the molecule is Cc1cccc(Cn2cnc(NC(=O)c3ccc(C=O)nc3)c2)c1. The molecule has 1 aromatic carbocycles. The number of anilines is 1. The van der Waals surface area contributed by atoms with Crippen LogP contribution in [0.2, 0.25) is 0 Å². The van der Waals surface area contributed by atoms with E-state index in [1.165, 1.54) is 23.4 Å². The van der Waals surface area contributed by atoms with Crippen molar-refractivity contribution in [1.29, 1.82) is 0 Å². The Bertz CT molecular complexity index is 869. The number of hydrogen-bond acceptors (Lipinski definition) is 4. The fourth-order valence-corrected chi connectivity index (χ4v) is 2.33. The highest BCUT2D eigenvalue weighted by Crippen LogP contribution is 2.10. The van der Waals surface area contributed by atoms with E-state index < -0.39 is 0 Å². The number of hydrogen-bond donors (Lipinski definition) is 1. The summed E-state index contributed by atoms with van der Waals surface area (Å²) >= 11 is 0. The van der Waals surface area contributed by atoms with Crippen molar-refractivity contribution in [3.05, 3.63) is 77.5 Å². The molecule has 0 atom stereocenters. The highest BCUT2D eigenvalue weighted by Gasteiger charge is 2.09. The zero-order valence-corrected chi connectivity index (χ0v) is 13.1. The van der Waals surface area contributed by atoms with Gasteiger partial charge in [0.05, 0.1) is 11.9 Å². The number of amides is 1. The largest absolute Gasteiger partial charge is 0.331 e. The van der Waals surface area contributed by atoms with Gasteiger partial charge in [0.25, 0.3) is 5.91 Å². The smallest absolute Gasteiger partial charge is 0.258 e. The van der Waals surface area contributed by atoms with Crippen molar-refractivity contribution in [1.82, 2.24) is 14.5 Å². The number of imidazole rings is 1. The molecule has 0 aliphatic carbocycles. The lowest BCUT2D eigenvalue weighted by Gasteiger charge is -2.04. The van der Waals surface area contributed by atoms with Crippen LogP contribution in [-0.2, 0) is 6.54 Å². The maximum absolute atomic E-state index is 12.1. The third-order valence-electron chi connectivity index (χ3n) is 3.49. The predicted molar refractivity (Wildman–Crippen MR) is 90.1 cm³/mol.